The molecule has 1 rings (SSSR count). The van der Waals surface area contributed by atoms with Crippen LogP contribution in [0.25, 0.3) is 0 Å². The van der Waals surface area contributed by atoms with E-state index in [1.807, 2.05) is 0 Å². The SMILES string of the molecule is CCNC1CCCC1CCS(=O)CC(=O)NC. The maximum Gasteiger partial charge on any atom is 0.232 e. The number of carbonyl (C=O) groups excluding carboxylic acids is 1. The molecule has 5 heteroatoms. The van der Waals surface area contributed by atoms with Gasteiger partial charge in [-0.2, -0.15) is 0 Å². The Labute approximate surface area is 106 Å². The minimum Gasteiger partial charge on any atom is -0.358 e. The maximum absolute atomic E-state index is 11.7. The summed E-state index contributed by atoms with van der Waals surface area (Å²) >= 11 is 0. The minimum atomic E-state index is -1.00. The van der Waals surface area contributed by atoms with Crippen molar-refractivity contribution in [3.8, 4) is 0 Å². The van der Waals surface area contributed by atoms with Gasteiger partial charge in [-0.05, 0) is 31.7 Å². The summed E-state index contributed by atoms with van der Waals surface area (Å²) in [5.41, 5.74) is 0. The highest BCUT2D eigenvalue weighted by molar-refractivity contribution is 7.85. The van der Waals surface area contributed by atoms with Crippen LogP contribution in [0.2, 0.25) is 0 Å². The van der Waals surface area contributed by atoms with Gasteiger partial charge in [0.2, 0.25) is 5.91 Å². The van der Waals surface area contributed by atoms with Gasteiger partial charge < -0.3 is 10.6 Å². The molecule has 3 unspecified atom stereocenters. The van der Waals surface area contributed by atoms with Crippen LogP contribution in [0.3, 0.4) is 0 Å². The minimum absolute atomic E-state index is 0.127. The molecule has 0 aromatic carbocycles. The molecule has 2 N–H and O–H groups in total. The van der Waals surface area contributed by atoms with Crippen molar-refractivity contribution in [1.29, 1.82) is 0 Å². The molecular weight excluding hydrogens is 236 g/mol. The van der Waals surface area contributed by atoms with E-state index in [0.29, 0.717) is 17.7 Å². The molecule has 0 aromatic heterocycles. The maximum atomic E-state index is 11.7. The Morgan fingerprint density at radius 2 is 2.18 bits per heavy atom. The zero-order valence-corrected chi connectivity index (χ0v) is 11.6. The van der Waals surface area contributed by atoms with E-state index in [2.05, 4.69) is 17.6 Å². The van der Waals surface area contributed by atoms with Crippen LogP contribution >= 0.6 is 0 Å². The first-order valence-corrected chi connectivity index (χ1v) is 7.95. The van der Waals surface area contributed by atoms with Gasteiger partial charge in [0.05, 0.1) is 0 Å². The van der Waals surface area contributed by atoms with E-state index in [1.165, 1.54) is 19.3 Å². The first-order chi connectivity index (χ1) is 8.17. The highest BCUT2D eigenvalue weighted by atomic mass is 32.2. The summed E-state index contributed by atoms with van der Waals surface area (Å²) in [6.45, 7) is 3.13. The molecule has 1 aliphatic rings. The molecule has 0 aliphatic heterocycles. The van der Waals surface area contributed by atoms with E-state index in [9.17, 15) is 9.00 Å². The Morgan fingerprint density at radius 1 is 1.41 bits per heavy atom. The lowest BCUT2D eigenvalue weighted by Crippen LogP contribution is -2.33. The van der Waals surface area contributed by atoms with E-state index >= 15 is 0 Å². The van der Waals surface area contributed by atoms with Crippen LogP contribution in [-0.2, 0) is 15.6 Å². The molecule has 17 heavy (non-hydrogen) atoms. The smallest absolute Gasteiger partial charge is 0.232 e. The fraction of sp³-hybridized carbons (Fsp3) is 0.917. The van der Waals surface area contributed by atoms with Crippen LogP contribution in [0, 0.1) is 5.92 Å². The van der Waals surface area contributed by atoms with Crippen LogP contribution in [0.4, 0.5) is 0 Å². The third-order valence-corrected chi connectivity index (χ3v) is 4.69. The lowest BCUT2D eigenvalue weighted by molar-refractivity contribution is -0.118. The average Bonchev–Trinajstić information content (AvgIpc) is 2.74. The third kappa shape index (κ3) is 5.17. The van der Waals surface area contributed by atoms with E-state index in [1.54, 1.807) is 7.05 Å². The van der Waals surface area contributed by atoms with Crippen molar-refractivity contribution in [2.75, 3.05) is 25.1 Å². The van der Waals surface area contributed by atoms with E-state index in [4.69, 9.17) is 0 Å². The highest BCUT2D eigenvalue weighted by Crippen LogP contribution is 2.28. The van der Waals surface area contributed by atoms with Gasteiger partial charge in [-0.25, -0.2) is 0 Å². The lowest BCUT2D eigenvalue weighted by atomic mass is 10.0. The van der Waals surface area contributed by atoms with Crippen LogP contribution in [0.15, 0.2) is 0 Å². The van der Waals surface area contributed by atoms with Crippen LogP contribution in [0.1, 0.15) is 32.6 Å². The van der Waals surface area contributed by atoms with Crippen molar-refractivity contribution in [3.05, 3.63) is 0 Å². The van der Waals surface area contributed by atoms with Crippen molar-refractivity contribution >= 4 is 16.7 Å². The lowest BCUT2D eigenvalue weighted by Gasteiger charge is -2.19. The van der Waals surface area contributed by atoms with Crippen LogP contribution in [-0.4, -0.2) is 41.3 Å². The van der Waals surface area contributed by atoms with Crippen molar-refractivity contribution in [1.82, 2.24) is 10.6 Å². The number of hydrogen-bond acceptors (Lipinski definition) is 3. The Kier molecular flexibility index (Phi) is 6.73. The summed E-state index contributed by atoms with van der Waals surface area (Å²) in [6.07, 6.45) is 4.71. The van der Waals surface area contributed by atoms with Gasteiger partial charge in [0.15, 0.2) is 0 Å². The van der Waals surface area contributed by atoms with Gasteiger partial charge in [-0.1, -0.05) is 13.3 Å². The fourth-order valence-corrected chi connectivity index (χ4v) is 3.63. The van der Waals surface area contributed by atoms with Crippen LogP contribution < -0.4 is 10.6 Å². The van der Waals surface area contributed by atoms with Gasteiger partial charge >= 0.3 is 0 Å². The summed E-state index contributed by atoms with van der Waals surface area (Å²) < 4.78 is 11.7. The second-order valence-corrected chi connectivity index (χ2v) is 6.18. The number of rotatable bonds is 7. The predicted molar refractivity (Wildman–Crippen MR) is 71.4 cm³/mol. The van der Waals surface area contributed by atoms with Gasteiger partial charge in [-0.3, -0.25) is 9.00 Å². The molecule has 0 heterocycles. The molecule has 1 aliphatic carbocycles. The van der Waals surface area contributed by atoms with E-state index < -0.39 is 10.8 Å². The van der Waals surface area contributed by atoms with E-state index in [-0.39, 0.29) is 11.7 Å². The summed E-state index contributed by atoms with van der Waals surface area (Å²) in [7, 11) is 0.576. The zero-order valence-electron chi connectivity index (χ0n) is 10.8. The Balaban J connectivity index is 2.25. The number of nitrogens with one attached hydrogen (secondary N) is 2. The summed E-state index contributed by atoms with van der Waals surface area (Å²) in [4.78, 5) is 11.1. The highest BCUT2D eigenvalue weighted by Gasteiger charge is 2.26. The van der Waals surface area contributed by atoms with Gasteiger partial charge in [-0.15, -0.1) is 0 Å². The van der Waals surface area contributed by atoms with Gasteiger partial charge in [0.1, 0.15) is 5.75 Å². The first-order valence-electron chi connectivity index (χ1n) is 6.46. The molecule has 1 fully saturated rings. The molecule has 1 amide bonds. The predicted octanol–water partition coefficient (Wildman–Crippen LogP) is 0.649. The fourth-order valence-electron chi connectivity index (χ4n) is 2.49. The summed E-state index contributed by atoms with van der Waals surface area (Å²) in [5, 5.41) is 6.00. The molecule has 4 nitrogen and oxygen atoms in total. The summed E-state index contributed by atoms with van der Waals surface area (Å²) in [5.74, 6) is 1.32. The molecule has 1 saturated carbocycles. The largest absolute Gasteiger partial charge is 0.358 e. The average molecular weight is 260 g/mol. The number of carbonyl (C=O) groups is 1. The Morgan fingerprint density at radius 3 is 2.82 bits per heavy atom. The third-order valence-electron chi connectivity index (χ3n) is 3.41. The van der Waals surface area contributed by atoms with Gasteiger partial charge in [0, 0.05) is 29.6 Å². The monoisotopic (exact) mass is 260 g/mol. The molecule has 0 bridgehead atoms. The summed E-state index contributed by atoms with van der Waals surface area (Å²) in [6, 6.07) is 0.594. The standard InChI is InChI=1S/C12H24N2O2S/c1-3-14-11-6-4-5-10(11)7-8-17(16)9-12(15)13-2/h10-11,14H,3-9H2,1-2H3,(H,13,15). The second kappa shape index (κ2) is 7.82. The second-order valence-electron chi connectivity index (χ2n) is 4.61. The normalized spacial score (nSPS) is 25.8. The molecule has 0 spiro atoms. The quantitative estimate of drug-likeness (QED) is 0.706. The number of hydrogen-bond donors (Lipinski definition) is 2. The van der Waals surface area contributed by atoms with Crippen molar-refractivity contribution in [2.24, 2.45) is 5.92 Å². The Bertz CT molecular complexity index is 271. The molecule has 0 aromatic rings. The molecule has 3 atom stereocenters. The molecule has 0 saturated heterocycles. The van der Waals surface area contributed by atoms with Gasteiger partial charge in [0.25, 0.3) is 0 Å². The van der Waals surface area contributed by atoms with Crippen molar-refractivity contribution < 1.29 is 9.00 Å². The molecular formula is C12H24N2O2S. The Hall–Kier alpha value is -0.420. The van der Waals surface area contributed by atoms with Crippen molar-refractivity contribution in [2.45, 2.75) is 38.6 Å². The molecule has 100 valence electrons. The first kappa shape index (κ1) is 14.6. The topological polar surface area (TPSA) is 58.2 Å². The molecule has 0 radical (unpaired) electrons. The van der Waals surface area contributed by atoms with Crippen LogP contribution in [0.5, 0.6) is 0 Å². The number of amides is 1. The van der Waals surface area contributed by atoms with E-state index in [0.717, 1.165) is 13.0 Å². The van der Waals surface area contributed by atoms with Crippen molar-refractivity contribution in [3.63, 3.8) is 0 Å². The zero-order chi connectivity index (χ0) is 12.7.